The fourth-order valence-electron chi connectivity index (χ4n) is 2.39. The number of amides is 1. The van der Waals surface area contributed by atoms with Crippen LogP contribution in [0.15, 0.2) is 22.8 Å². The van der Waals surface area contributed by atoms with Gasteiger partial charge in [0, 0.05) is 24.9 Å². The van der Waals surface area contributed by atoms with Gasteiger partial charge in [0.15, 0.2) is 0 Å². The molecule has 0 radical (unpaired) electrons. The molecule has 1 aliphatic rings. The summed E-state index contributed by atoms with van der Waals surface area (Å²) in [4.78, 5) is 14.3. The molecule has 1 aliphatic carbocycles. The second-order valence-corrected chi connectivity index (χ2v) is 4.79. The van der Waals surface area contributed by atoms with E-state index in [9.17, 15) is 4.79 Å². The summed E-state index contributed by atoms with van der Waals surface area (Å²) in [5.41, 5.74) is 0. The minimum absolute atomic E-state index is 0.166. The van der Waals surface area contributed by atoms with Crippen LogP contribution in [-0.2, 0) is 4.79 Å². The van der Waals surface area contributed by atoms with E-state index < -0.39 is 0 Å². The van der Waals surface area contributed by atoms with Crippen molar-refractivity contribution < 1.29 is 9.21 Å². The highest BCUT2D eigenvalue weighted by Crippen LogP contribution is 2.48. The topological polar surface area (TPSA) is 33.5 Å². The number of furan rings is 1. The van der Waals surface area contributed by atoms with Gasteiger partial charge in [0.25, 0.3) is 0 Å². The summed E-state index contributed by atoms with van der Waals surface area (Å²) >= 11 is 0. The molecule has 3 nitrogen and oxygen atoms in total. The second kappa shape index (κ2) is 5.39. The van der Waals surface area contributed by atoms with Crippen LogP contribution in [0.3, 0.4) is 0 Å². The van der Waals surface area contributed by atoms with Crippen molar-refractivity contribution >= 4 is 5.91 Å². The van der Waals surface area contributed by atoms with Crippen LogP contribution < -0.4 is 0 Å². The van der Waals surface area contributed by atoms with Gasteiger partial charge in [-0.2, -0.15) is 0 Å². The van der Waals surface area contributed by atoms with Gasteiger partial charge in [-0.05, 0) is 31.4 Å². The quantitative estimate of drug-likeness (QED) is 0.759. The Kier molecular flexibility index (Phi) is 3.87. The van der Waals surface area contributed by atoms with Crippen LogP contribution in [0.1, 0.15) is 44.8 Å². The zero-order chi connectivity index (χ0) is 12.3. The predicted molar refractivity (Wildman–Crippen MR) is 66.7 cm³/mol. The molecule has 1 saturated carbocycles. The first-order valence-corrected chi connectivity index (χ1v) is 6.60. The van der Waals surface area contributed by atoms with Gasteiger partial charge in [0.05, 0.1) is 6.26 Å². The molecule has 2 atom stereocenters. The van der Waals surface area contributed by atoms with E-state index in [-0.39, 0.29) is 5.92 Å². The van der Waals surface area contributed by atoms with E-state index in [4.69, 9.17) is 4.42 Å². The third-order valence-electron chi connectivity index (χ3n) is 3.31. The fraction of sp³-hybridized carbons (Fsp3) is 0.643. The molecule has 2 unspecified atom stereocenters. The number of hydrogen-bond acceptors (Lipinski definition) is 2. The van der Waals surface area contributed by atoms with Crippen LogP contribution >= 0.6 is 0 Å². The summed E-state index contributed by atoms with van der Waals surface area (Å²) in [6, 6.07) is 3.87. The molecule has 0 bridgehead atoms. The van der Waals surface area contributed by atoms with Gasteiger partial charge in [0.1, 0.15) is 5.76 Å². The molecular formula is C14H21NO2. The van der Waals surface area contributed by atoms with Crippen LogP contribution in [0.2, 0.25) is 0 Å². The molecule has 1 fully saturated rings. The van der Waals surface area contributed by atoms with E-state index in [1.165, 1.54) is 0 Å². The summed E-state index contributed by atoms with van der Waals surface area (Å²) in [7, 11) is 0. The molecule has 1 aromatic rings. The number of hydrogen-bond donors (Lipinski definition) is 0. The summed E-state index contributed by atoms with van der Waals surface area (Å²) < 4.78 is 5.37. The number of nitrogens with zero attached hydrogens (tertiary/aromatic N) is 1. The maximum absolute atomic E-state index is 12.3. The molecule has 2 rings (SSSR count). The van der Waals surface area contributed by atoms with Crippen LogP contribution in [-0.4, -0.2) is 23.9 Å². The molecule has 3 heteroatoms. The molecule has 0 saturated heterocycles. The Morgan fingerprint density at radius 1 is 1.41 bits per heavy atom. The number of carbonyl (C=O) groups excluding carboxylic acids is 1. The average molecular weight is 235 g/mol. The van der Waals surface area contributed by atoms with Crippen molar-refractivity contribution in [2.24, 2.45) is 5.92 Å². The number of carbonyl (C=O) groups is 1. The van der Waals surface area contributed by atoms with Gasteiger partial charge in [-0.15, -0.1) is 0 Å². The summed E-state index contributed by atoms with van der Waals surface area (Å²) in [5, 5.41) is 0. The van der Waals surface area contributed by atoms with Gasteiger partial charge >= 0.3 is 0 Å². The Morgan fingerprint density at radius 2 is 2.12 bits per heavy atom. The monoisotopic (exact) mass is 235 g/mol. The first-order valence-electron chi connectivity index (χ1n) is 6.60. The minimum atomic E-state index is 0.166. The Balaban J connectivity index is 1.92. The van der Waals surface area contributed by atoms with Crippen molar-refractivity contribution in [3.8, 4) is 0 Å². The second-order valence-electron chi connectivity index (χ2n) is 4.79. The summed E-state index contributed by atoms with van der Waals surface area (Å²) in [6.45, 7) is 6.00. The highest BCUT2D eigenvalue weighted by molar-refractivity contribution is 5.82. The van der Waals surface area contributed by atoms with E-state index >= 15 is 0 Å². The van der Waals surface area contributed by atoms with E-state index in [0.29, 0.717) is 11.8 Å². The molecule has 1 amide bonds. The van der Waals surface area contributed by atoms with Crippen LogP contribution in [0.4, 0.5) is 0 Å². The summed E-state index contributed by atoms with van der Waals surface area (Å²) in [6.07, 6.45) is 4.70. The first kappa shape index (κ1) is 12.2. The summed E-state index contributed by atoms with van der Waals surface area (Å²) in [5.74, 6) is 1.78. The van der Waals surface area contributed by atoms with Gasteiger partial charge in [-0.3, -0.25) is 4.79 Å². The normalized spacial score (nSPS) is 22.5. The number of rotatable bonds is 6. The van der Waals surface area contributed by atoms with Crippen LogP contribution in [0.25, 0.3) is 0 Å². The minimum Gasteiger partial charge on any atom is -0.469 e. The Hall–Kier alpha value is -1.25. The first-order chi connectivity index (χ1) is 8.27. The molecule has 0 N–H and O–H groups in total. The molecule has 0 spiro atoms. The lowest BCUT2D eigenvalue weighted by Gasteiger charge is -2.21. The molecule has 1 aromatic heterocycles. The molecule has 17 heavy (non-hydrogen) atoms. The lowest BCUT2D eigenvalue weighted by atomic mass is 10.2. The molecule has 0 aliphatic heterocycles. The molecular weight excluding hydrogens is 214 g/mol. The Morgan fingerprint density at radius 3 is 2.65 bits per heavy atom. The Labute approximate surface area is 103 Å². The highest BCUT2D eigenvalue weighted by Gasteiger charge is 2.47. The van der Waals surface area contributed by atoms with E-state index in [2.05, 4.69) is 13.8 Å². The van der Waals surface area contributed by atoms with Gasteiger partial charge < -0.3 is 9.32 Å². The smallest absolute Gasteiger partial charge is 0.226 e. The zero-order valence-corrected chi connectivity index (χ0v) is 10.7. The third kappa shape index (κ3) is 2.71. The van der Waals surface area contributed by atoms with E-state index in [1.54, 1.807) is 6.26 Å². The lowest BCUT2D eigenvalue weighted by Crippen LogP contribution is -2.33. The SMILES string of the molecule is CCCN(CCC)C(=O)C1CC1c1ccco1. The highest BCUT2D eigenvalue weighted by atomic mass is 16.3. The van der Waals surface area contributed by atoms with Crippen LogP contribution in [0.5, 0.6) is 0 Å². The van der Waals surface area contributed by atoms with Gasteiger partial charge in [0.2, 0.25) is 5.91 Å². The van der Waals surface area contributed by atoms with Crippen molar-refractivity contribution in [3.63, 3.8) is 0 Å². The predicted octanol–water partition coefficient (Wildman–Crippen LogP) is 3.03. The third-order valence-corrected chi connectivity index (χ3v) is 3.31. The molecule has 1 heterocycles. The largest absolute Gasteiger partial charge is 0.469 e. The average Bonchev–Trinajstić information content (AvgIpc) is 2.94. The maximum Gasteiger partial charge on any atom is 0.226 e. The molecule has 94 valence electrons. The van der Waals surface area contributed by atoms with Crippen molar-refractivity contribution in [3.05, 3.63) is 24.2 Å². The fourth-order valence-corrected chi connectivity index (χ4v) is 2.39. The van der Waals surface area contributed by atoms with Gasteiger partial charge in [-0.1, -0.05) is 13.8 Å². The van der Waals surface area contributed by atoms with Crippen molar-refractivity contribution in [2.75, 3.05) is 13.1 Å². The standard InChI is InChI=1S/C14H21NO2/c1-3-7-15(8-4-2)14(16)12-10-11(12)13-6-5-9-17-13/h5-6,9,11-12H,3-4,7-8,10H2,1-2H3. The van der Waals surface area contributed by atoms with E-state index in [1.807, 2.05) is 17.0 Å². The van der Waals surface area contributed by atoms with Crippen LogP contribution in [0, 0.1) is 5.92 Å². The van der Waals surface area contributed by atoms with Gasteiger partial charge in [-0.25, -0.2) is 0 Å². The lowest BCUT2D eigenvalue weighted by molar-refractivity contribution is -0.132. The zero-order valence-electron chi connectivity index (χ0n) is 10.7. The van der Waals surface area contributed by atoms with E-state index in [0.717, 1.165) is 38.1 Å². The maximum atomic E-state index is 12.3. The molecule has 0 aromatic carbocycles. The van der Waals surface area contributed by atoms with Crippen molar-refractivity contribution in [1.29, 1.82) is 0 Å². The van der Waals surface area contributed by atoms with Crippen molar-refractivity contribution in [1.82, 2.24) is 4.90 Å². The Bertz CT molecular complexity index is 352. The van der Waals surface area contributed by atoms with Crippen molar-refractivity contribution in [2.45, 2.75) is 39.0 Å².